The van der Waals surface area contributed by atoms with E-state index in [9.17, 15) is 9.36 Å². The van der Waals surface area contributed by atoms with Gasteiger partial charge in [-0.3, -0.25) is 9.36 Å². The number of hydrogen-bond donors (Lipinski definition) is 0. The molecule has 3 nitrogen and oxygen atoms in total. The van der Waals surface area contributed by atoms with Crippen LogP contribution in [0, 0.1) is 0 Å². The Hall–Kier alpha value is -1.08. The third-order valence-electron chi connectivity index (χ3n) is 2.20. The molecule has 1 aromatic rings. The van der Waals surface area contributed by atoms with Crippen LogP contribution in [0.4, 0.5) is 0 Å². The minimum atomic E-state index is -2.40. The van der Waals surface area contributed by atoms with Crippen LogP contribution in [0.3, 0.4) is 0 Å². The quantitative estimate of drug-likeness (QED) is 0.567. The van der Waals surface area contributed by atoms with Gasteiger partial charge in [-0.05, 0) is 18.6 Å². The van der Waals surface area contributed by atoms with Crippen LogP contribution < -0.4 is 5.30 Å². The highest BCUT2D eigenvalue weighted by atomic mass is 31.1. The smallest absolute Gasteiger partial charge is 0.310 e. The van der Waals surface area contributed by atoms with Gasteiger partial charge in [0.05, 0.1) is 0 Å². The lowest BCUT2D eigenvalue weighted by Gasteiger charge is -2.04. The van der Waals surface area contributed by atoms with Crippen LogP contribution >= 0.6 is 8.03 Å². The van der Waals surface area contributed by atoms with E-state index >= 15 is 0 Å². The van der Waals surface area contributed by atoms with Gasteiger partial charge in [-0.1, -0.05) is 38.0 Å². The number of carbonyl (C=O) groups is 1. The second-order valence-electron chi connectivity index (χ2n) is 3.58. The molecule has 0 saturated heterocycles. The molecule has 0 aliphatic heterocycles. The van der Waals surface area contributed by atoms with Crippen LogP contribution in [-0.2, 0) is 13.9 Å². The molecular weight excluding hydrogens is 223 g/mol. The second kappa shape index (κ2) is 7.24. The molecule has 16 heavy (non-hydrogen) atoms. The lowest BCUT2D eigenvalue weighted by atomic mass is 10.2. The number of benzene rings is 1. The molecule has 88 valence electrons. The van der Waals surface area contributed by atoms with Crippen LogP contribution in [0.25, 0.3) is 0 Å². The van der Waals surface area contributed by atoms with Crippen molar-refractivity contribution in [2.75, 3.05) is 0 Å². The monoisotopic (exact) mass is 240 g/mol. The highest BCUT2D eigenvalue weighted by Crippen LogP contribution is 2.22. The summed E-state index contributed by atoms with van der Waals surface area (Å²) in [4.78, 5) is 11.3. The fourth-order valence-electron chi connectivity index (χ4n) is 1.31. The van der Waals surface area contributed by atoms with Crippen molar-refractivity contribution >= 4 is 19.3 Å². The Balaban J connectivity index is 2.37. The second-order valence-corrected chi connectivity index (χ2v) is 4.94. The molecule has 0 spiro atoms. The number of carbonyl (C=O) groups excluding carboxylic acids is 1. The maximum atomic E-state index is 11.6. The Kier molecular flexibility index (Phi) is 5.87. The van der Waals surface area contributed by atoms with Gasteiger partial charge in [-0.2, -0.15) is 0 Å². The van der Waals surface area contributed by atoms with Crippen LogP contribution in [-0.4, -0.2) is 5.97 Å². The van der Waals surface area contributed by atoms with Crippen molar-refractivity contribution in [1.82, 2.24) is 0 Å². The summed E-state index contributed by atoms with van der Waals surface area (Å²) < 4.78 is 16.5. The minimum Gasteiger partial charge on any atom is -0.410 e. The average molecular weight is 240 g/mol. The number of rotatable bonds is 6. The third kappa shape index (κ3) is 4.63. The summed E-state index contributed by atoms with van der Waals surface area (Å²) >= 11 is 0. The molecule has 0 saturated carbocycles. The molecule has 4 heteroatoms. The van der Waals surface area contributed by atoms with Gasteiger partial charge >= 0.3 is 5.97 Å². The van der Waals surface area contributed by atoms with E-state index in [2.05, 4.69) is 6.92 Å². The third-order valence-corrected chi connectivity index (χ3v) is 3.42. The summed E-state index contributed by atoms with van der Waals surface area (Å²) in [5.41, 5.74) is 0. The van der Waals surface area contributed by atoms with Crippen LogP contribution in [0.2, 0.25) is 0 Å². The zero-order valence-corrected chi connectivity index (χ0v) is 10.4. The fourth-order valence-corrected chi connectivity index (χ4v) is 2.20. The summed E-state index contributed by atoms with van der Waals surface area (Å²) in [6, 6.07) is 8.81. The molecule has 0 heterocycles. The van der Waals surface area contributed by atoms with Crippen molar-refractivity contribution in [1.29, 1.82) is 0 Å². The van der Waals surface area contributed by atoms with Gasteiger partial charge in [-0.15, -0.1) is 0 Å². The van der Waals surface area contributed by atoms with E-state index in [1.165, 1.54) is 0 Å². The van der Waals surface area contributed by atoms with E-state index in [0.29, 0.717) is 11.7 Å². The summed E-state index contributed by atoms with van der Waals surface area (Å²) in [5, 5.41) is 0.594. The van der Waals surface area contributed by atoms with Crippen molar-refractivity contribution in [3.05, 3.63) is 30.3 Å². The molecule has 1 aromatic carbocycles. The molecule has 0 N–H and O–H groups in total. The molecule has 0 aromatic heterocycles. The Morgan fingerprint density at radius 1 is 1.25 bits per heavy atom. The zero-order valence-electron chi connectivity index (χ0n) is 9.44. The molecule has 0 radical (unpaired) electrons. The van der Waals surface area contributed by atoms with Crippen molar-refractivity contribution in [2.24, 2.45) is 0 Å². The van der Waals surface area contributed by atoms with Gasteiger partial charge in [0.25, 0.3) is 8.03 Å². The van der Waals surface area contributed by atoms with E-state index in [0.717, 1.165) is 19.3 Å². The number of unbranched alkanes of at least 4 members (excludes halogenated alkanes) is 2. The minimum absolute atomic E-state index is 0.358. The summed E-state index contributed by atoms with van der Waals surface area (Å²) in [6.07, 6.45) is 3.22. The topological polar surface area (TPSA) is 43.4 Å². The highest BCUT2D eigenvalue weighted by molar-refractivity contribution is 7.48. The van der Waals surface area contributed by atoms with Gasteiger partial charge in [0, 0.05) is 11.7 Å². The average Bonchev–Trinajstić information content (AvgIpc) is 2.30. The predicted octanol–water partition coefficient (Wildman–Crippen LogP) is 2.91. The Morgan fingerprint density at radius 2 is 1.94 bits per heavy atom. The lowest BCUT2D eigenvalue weighted by Crippen LogP contribution is -2.03. The Morgan fingerprint density at radius 3 is 2.56 bits per heavy atom. The molecule has 0 fully saturated rings. The molecule has 0 bridgehead atoms. The van der Waals surface area contributed by atoms with Crippen molar-refractivity contribution in [2.45, 2.75) is 32.6 Å². The van der Waals surface area contributed by atoms with E-state index in [1.54, 1.807) is 24.3 Å². The summed E-state index contributed by atoms with van der Waals surface area (Å²) in [6.45, 7) is 2.07. The highest BCUT2D eigenvalue weighted by Gasteiger charge is 2.09. The van der Waals surface area contributed by atoms with Crippen LogP contribution in [0.1, 0.15) is 32.6 Å². The first-order chi connectivity index (χ1) is 7.74. The molecular formula is C12H17O3P. The van der Waals surface area contributed by atoms with Gasteiger partial charge in [-0.25, -0.2) is 0 Å². The lowest BCUT2D eigenvalue weighted by molar-refractivity contribution is -0.133. The van der Waals surface area contributed by atoms with Gasteiger partial charge in [0.1, 0.15) is 0 Å². The van der Waals surface area contributed by atoms with Gasteiger partial charge in [0.15, 0.2) is 0 Å². The molecule has 0 aliphatic rings. The molecule has 1 atom stereocenters. The van der Waals surface area contributed by atoms with Crippen LogP contribution in [0.15, 0.2) is 30.3 Å². The molecule has 1 rings (SSSR count). The predicted molar refractivity (Wildman–Crippen MR) is 65.3 cm³/mol. The fraction of sp³-hybridized carbons (Fsp3) is 0.417. The zero-order chi connectivity index (χ0) is 11.8. The molecule has 0 aliphatic carbocycles. The Bertz CT molecular complexity index is 349. The largest absolute Gasteiger partial charge is 0.410 e. The van der Waals surface area contributed by atoms with Crippen LogP contribution in [0.5, 0.6) is 0 Å². The molecule has 0 amide bonds. The van der Waals surface area contributed by atoms with Gasteiger partial charge < -0.3 is 4.52 Å². The van der Waals surface area contributed by atoms with E-state index in [1.807, 2.05) is 6.07 Å². The first kappa shape index (κ1) is 13.0. The first-order valence-corrected chi connectivity index (χ1v) is 6.85. The van der Waals surface area contributed by atoms with E-state index < -0.39 is 8.03 Å². The van der Waals surface area contributed by atoms with Crippen molar-refractivity contribution < 1.29 is 13.9 Å². The number of hydrogen-bond acceptors (Lipinski definition) is 3. The Labute approximate surface area is 96.7 Å². The van der Waals surface area contributed by atoms with E-state index in [-0.39, 0.29) is 5.97 Å². The maximum Gasteiger partial charge on any atom is 0.310 e. The SMILES string of the molecule is CCCCCC(=O)O[PH](=O)c1ccccc1. The standard InChI is InChI=1S/C12H17O3P/c1-2-3-5-10-12(13)15-16(14)11-8-6-4-7-9-11/h4,6-9,16H,2-3,5,10H2,1H3. The maximum absolute atomic E-state index is 11.6. The molecule has 1 unspecified atom stereocenters. The van der Waals surface area contributed by atoms with Gasteiger partial charge in [0.2, 0.25) is 0 Å². The first-order valence-electron chi connectivity index (χ1n) is 5.54. The van der Waals surface area contributed by atoms with Crippen molar-refractivity contribution in [3.8, 4) is 0 Å². The normalized spacial score (nSPS) is 12.1. The van der Waals surface area contributed by atoms with E-state index in [4.69, 9.17) is 4.52 Å². The van der Waals surface area contributed by atoms with Crippen molar-refractivity contribution in [3.63, 3.8) is 0 Å². The summed E-state index contributed by atoms with van der Waals surface area (Å²) in [7, 11) is -2.40. The summed E-state index contributed by atoms with van der Waals surface area (Å²) in [5.74, 6) is -0.360.